The van der Waals surface area contributed by atoms with E-state index in [1.165, 1.54) is 0 Å². The Morgan fingerprint density at radius 1 is 1.06 bits per heavy atom. The predicted octanol–water partition coefficient (Wildman–Crippen LogP) is 4.78. The van der Waals surface area contributed by atoms with Gasteiger partial charge in [-0.15, -0.1) is 0 Å². The van der Waals surface area contributed by atoms with Crippen molar-refractivity contribution in [2.24, 2.45) is 5.92 Å². The molecule has 0 saturated carbocycles. The molecule has 0 rings (SSSR count). The Labute approximate surface area is 107 Å². The minimum atomic E-state index is -4.27. The average Bonchev–Trinajstić information content (AvgIpc) is 2.25. The fourth-order valence-electron chi connectivity index (χ4n) is 1.94. The van der Waals surface area contributed by atoms with E-state index in [1.54, 1.807) is 0 Å². The number of halogens is 3. The van der Waals surface area contributed by atoms with Crippen LogP contribution >= 0.6 is 0 Å². The molecule has 1 atom stereocenters. The molecule has 0 aromatic heterocycles. The van der Waals surface area contributed by atoms with Gasteiger partial charge in [0, 0.05) is 6.42 Å². The number of carboxylic acids is 1. The van der Waals surface area contributed by atoms with E-state index in [-0.39, 0.29) is 12.8 Å². The molecule has 0 saturated heterocycles. The first-order chi connectivity index (χ1) is 8.38. The summed E-state index contributed by atoms with van der Waals surface area (Å²) in [6, 6.07) is 0. The summed E-state index contributed by atoms with van der Waals surface area (Å²) in [5, 5.41) is 8.43. The Morgan fingerprint density at radius 3 is 2.11 bits per heavy atom. The molecule has 5 heteroatoms. The predicted molar refractivity (Wildman–Crippen MR) is 64.4 cm³/mol. The van der Waals surface area contributed by atoms with Crippen LogP contribution in [0.4, 0.5) is 13.2 Å². The molecular formula is C13H23F3O2. The quantitative estimate of drug-likeness (QED) is 0.579. The number of carboxylic acid groups (broad SMARTS) is 1. The summed E-state index contributed by atoms with van der Waals surface area (Å²) in [6.45, 7) is 2.09. The molecule has 0 aliphatic carbocycles. The standard InChI is InChI=1S/C13H23F3O2/c1-2-3-4-5-6-7-8-11(13(14,15)16)9-10-12(17)18/h11H,2-10H2,1H3,(H,17,18). The number of unbranched alkanes of at least 4 members (excludes halogenated alkanes) is 5. The lowest BCUT2D eigenvalue weighted by Gasteiger charge is -2.19. The molecule has 1 N–H and O–H groups in total. The Kier molecular flexibility index (Phi) is 8.85. The third-order valence-electron chi connectivity index (χ3n) is 3.08. The molecule has 0 spiro atoms. The minimum absolute atomic E-state index is 0.0584. The zero-order valence-electron chi connectivity index (χ0n) is 10.9. The second kappa shape index (κ2) is 9.22. The molecule has 0 amide bonds. The monoisotopic (exact) mass is 268 g/mol. The van der Waals surface area contributed by atoms with Gasteiger partial charge in [0.2, 0.25) is 0 Å². The summed E-state index contributed by atoms with van der Waals surface area (Å²) >= 11 is 0. The first-order valence-corrected chi connectivity index (χ1v) is 6.66. The molecule has 0 fully saturated rings. The van der Waals surface area contributed by atoms with Crippen LogP contribution in [-0.4, -0.2) is 17.3 Å². The minimum Gasteiger partial charge on any atom is -0.481 e. The van der Waals surface area contributed by atoms with Gasteiger partial charge >= 0.3 is 12.1 Å². The van der Waals surface area contributed by atoms with Crippen LogP contribution in [0, 0.1) is 5.92 Å². The first kappa shape index (κ1) is 17.3. The highest BCUT2D eigenvalue weighted by molar-refractivity contribution is 5.66. The van der Waals surface area contributed by atoms with E-state index in [2.05, 4.69) is 6.92 Å². The average molecular weight is 268 g/mol. The highest BCUT2D eigenvalue weighted by atomic mass is 19.4. The van der Waals surface area contributed by atoms with Gasteiger partial charge in [-0.3, -0.25) is 4.79 Å². The van der Waals surface area contributed by atoms with Crippen molar-refractivity contribution in [1.29, 1.82) is 0 Å². The number of alkyl halides is 3. The van der Waals surface area contributed by atoms with Crippen molar-refractivity contribution in [2.75, 3.05) is 0 Å². The van der Waals surface area contributed by atoms with E-state index < -0.39 is 24.5 Å². The van der Waals surface area contributed by atoms with Gasteiger partial charge in [0.1, 0.15) is 0 Å². The number of aliphatic carboxylic acids is 1. The summed E-state index contributed by atoms with van der Waals surface area (Å²) in [6.07, 6.45) is 0.716. The van der Waals surface area contributed by atoms with Gasteiger partial charge in [0.15, 0.2) is 0 Å². The second-order valence-electron chi connectivity index (χ2n) is 4.73. The number of rotatable bonds is 10. The maximum Gasteiger partial charge on any atom is 0.391 e. The Morgan fingerprint density at radius 2 is 1.61 bits per heavy atom. The molecule has 0 aromatic carbocycles. The largest absolute Gasteiger partial charge is 0.481 e. The summed E-state index contributed by atoms with van der Waals surface area (Å²) in [5.74, 6) is -2.62. The van der Waals surface area contributed by atoms with Crippen LogP contribution in [0.25, 0.3) is 0 Å². The Hall–Kier alpha value is -0.740. The third-order valence-corrected chi connectivity index (χ3v) is 3.08. The van der Waals surface area contributed by atoms with E-state index in [4.69, 9.17) is 5.11 Å². The first-order valence-electron chi connectivity index (χ1n) is 6.66. The van der Waals surface area contributed by atoms with Crippen molar-refractivity contribution in [3.05, 3.63) is 0 Å². The van der Waals surface area contributed by atoms with Crippen LogP contribution in [0.5, 0.6) is 0 Å². The van der Waals surface area contributed by atoms with Crippen molar-refractivity contribution in [3.8, 4) is 0 Å². The normalized spacial score (nSPS) is 13.6. The van der Waals surface area contributed by atoms with Crippen LogP contribution in [0.1, 0.15) is 64.7 Å². The highest BCUT2D eigenvalue weighted by Crippen LogP contribution is 2.33. The molecule has 2 nitrogen and oxygen atoms in total. The van der Waals surface area contributed by atoms with Gasteiger partial charge in [-0.1, -0.05) is 45.4 Å². The van der Waals surface area contributed by atoms with Crippen molar-refractivity contribution >= 4 is 5.97 Å². The molecule has 1 unspecified atom stereocenters. The fourth-order valence-corrected chi connectivity index (χ4v) is 1.94. The molecule has 0 aromatic rings. The van der Waals surface area contributed by atoms with E-state index >= 15 is 0 Å². The van der Waals surface area contributed by atoms with Gasteiger partial charge in [-0.05, 0) is 12.8 Å². The molecule has 108 valence electrons. The zero-order chi connectivity index (χ0) is 14.0. The topological polar surface area (TPSA) is 37.3 Å². The molecule has 0 radical (unpaired) electrons. The van der Waals surface area contributed by atoms with Crippen molar-refractivity contribution in [2.45, 2.75) is 70.9 Å². The van der Waals surface area contributed by atoms with Crippen LogP contribution in [-0.2, 0) is 4.79 Å². The summed E-state index contributed by atoms with van der Waals surface area (Å²) in [7, 11) is 0. The van der Waals surface area contributed by atoms with Crippen LogP contribution < -0.4 is 0 Å². The summed E-state index contributed by atoms with van der Waals surface area (Å²) in [4.78, 5) is 10.3. The van der Waals surface area contributed by atoms with Crippen molar-refractivity contribution < 1.29 is 23.1 Å². The van der Waals surface area contributed by atoms with Crippen LogP contribution in [0.3, 0.4) is 0 Å². The Bertz CT molecular complexity index is 227. The maximum absolute atomic E-state index is 12.6. The molecule has 0 bridgehead atoms. The Balaban J connectivity index is 3.84. The fraction of sp³-hybridized carbons (Fsp3) is 0.923. The molecule has 0 aliphatic heterocycles. The van der Waals surface area contributed by atoms with E-state index in [1.807, 2.05) is 0 Å². The van der Waals surface area contributed by atoms with E-state index in [9.17, 15) is 18.0 Å². The molecule has 0 heterocycles. The van der Waals surface area contributed by atoms with E-state index in [0.29, 0.717) is 6.42 Å². The van der Waals surface area contributed by atoms with Gasteiger partial charge in [-0.25, -0.2) is 0 Å². The third kappa shape index (κ3) is 9.31. The van der Waals surface area contributed by atoms with Crippen molar-refractivity contribution in [1.82, 2.24) is 0 Å². The van der Waals surface area contributed by atoms with Crippen LogP contribution in [0.15, 0.2) is 0 Å². The maximum atomic E-state index is 12.6. The van der Waals surface area contributed by atoms with Crippen LogP contribution in [0.2, 0.25) is 0 Å². The SMILES string of the molecule is CCCCCCCCC(CCC(=O)O)C(F)(F)F. The lowest BCUT2D eigenvalue weighted by atomic mass is 9.95. The lowest BCUT2D eigenvalue weighted by Crippen LogP contribution is -2.23. The van der Waals surface area contributed by atoms with Gasteiger partial charge < -0.3 is 5.11 Å². The number of carbonyl (C=O) groups is 1. The van der Waals surface area contributed by atoms with Crippen molar-refractivity contribution in [3.63, 3.8) is 0 Å². The zero-order valence-corrected chi connectivity index (χ0v) is 10.9. The number of hydrogen-bond acceptors (Lipinski definition) is 1. The summed E-state index contributed by atoms with van der Waals surface area (Å²) in [5.41, 5.74) is 0. The number of hydrogen-bond donors (Lipinski definition) is 1. The molecular weight excluding hydrogens is 245 g/mol. The van der Waals surface area contributed by atoms with Gasteiger partial charge in [0.25, 0.3) is 0 Å². The van der Waals surface area contributed by atoms with Gasteiger partial charge in [-0.2, -0.15) is 13.2 Å². The highest BCUT2D eigenvalue weighted by Gasteiger charge is 2.38. The lowest BCUT2D eigenvalue weighted by molar-refractivity contribution is -0.179. The van der Waals surface area contributed by atoms with E-state index in [0.717, 1.165) is 32.1 Å². The summed E-state index contributed by atoms with van der Waals surface area (Å²) < 4.78 is 37.8. The smallest absolute Gasteiger partial charge is 0.391 e. The second-order valence-corrected chi connectivity index (χ2v) is 4.73. The molecule has 0 aliphatic rings. The molecule has 18 heavy (non-hydrogen) atoms. The van der Waals surface area contributed by atoms with Gasteiger partial charge in [0.05, 0.1) is 5.92 Å².